The zero-order valence-electron chi connectivity index (χ0n) is 20.2. The van der Waals surface area contributed by atoms with Crippen LogP contribution in [0.1, 0.15) is 16.2 Å². The van der Waals surface area contributed by atoms with Crippen molar-refractivity contribution in [3.8, 4) is 0 Å². The summed E-state index contributed by atoms with van der Waals surface area (Å²) in [6.45, 7) is 0.143. The molecule has 1 fully saturated rings. The molecule has 2 aliphatic rings. The Balaban J connectivity index is 1.37. The molecule has 3 aromatic rings. The molecule has 4 heterocycles. The third-order valence-electron chi connectivity index (χ3n) is 6.09. The van der Waals surface area contributed by atoms with Crippen LogP contribution in [0.3, 0.4) is 0 Å². The quantitative estimate of drug-likeness (QED) is 0.116. The Morgan fingerprint density at radius 3 is 2.82 bits per heavy atom. The third-order valence-corrected chi connectivity index (χ3v) is 7.43. The number of aromatic nitrogens is 3. The lowest BCUT2D eigenvalue weighted by molar-refractivity contribution is -0.687. The summed E-state index contributed by atoms with van der Waals surface area (Å²) in [7, 11) is 1.20. The molecule has 0 saturated carbocycles. The molecule has 5 rings (SSSR count). The zero-order valence-corrected chi connectivity index (χ0v) is 21.0. The highest BCUT2D eigenvalue weighted by Gasteiger charge is 2.53. The summed E-state index contributed by atoms with van der Waals surface area (Å²) < 4.78 is 6.39. The maximum Gasteiger partial charge on any atom is 0.319 e. The molecule has 200 valence electrons. The molecule has 0 aliphatic carbocycles. The van der Waals surface area contributed by atoms with Crippen molar-refractivity contribution in [1.29, 1.82) is 0 Å². The van der Waals surface area contributed by atoms with Crippen LogP contribution >= 0.6 is 11.8 Å². The molecule has 5 N–H and O–H groups in total. The molecule has 2 atom stereocenters. The van der Waals surface area contributed by atoms with Gasteiger partial charge >= 0.3 is 6.01 Å². The van der Waals surface area contributed by atoms with Crippen LogP contribution in [-0.4, -0.2) is 68.7 Å². The number of anilines is 1. The van der Waals surface area contributed by atoms with E-state index < -0.39 is 35.1 Å². The fourth-order valence-electron chi connectivity index (χ4n) is 4.42. The number of hydrogen-bond donors (Lipinski definition) is 3. The van der Waals surface area contributed by atoms with Crippen molar-refractivity contribution in [2.45, 2.75) is 18.0 Å². The zero-order chi connectivity index (χ0) is 27.8. The summed E-state index contributed by atoms with van der Waals surface area (Å²) in [6, 6.07) is 5.48. The van der Waals surface area contributed by atoms with Crippen molar-refractivity contribution < 1.29 is 38.2 Å². The number of β-lactam (4-membered cyclic amide) rings is 1. The lowest BCUT2D eigenvalue weighted by atomic mass is 10.0. The van der Waals surface area contributed by atoms with Crippen molar-refractivity contribution in [1.82, 2.24) is 20.4 Å². The molecule has 39 heavy (non-hydrogen) atoms. The number of rotatable bonds is 8. The highest BCUT2D eigenvalue weighted by molar-refractivity contribution is 8.00. The van der Waals surface area contributed by atoms with Crippen molar-refractivity contribution in [3.05, 3.63) is 59.3 Å². The van der Waals surface area contributed by atoms with Crippen LogP contribution in [0.15, 0.2) is 57.6 Å². The minimum absolute atomic E-state index is 0.143. The van der Waals surface area contributed by atoms with Gasteiger partial charge in [0.15, 0.2) is 18.9 Å². The van der Waals surface area contributed by atoms with Crippen molar-refractivity contribution in [2.24, 2.45) is 10.9 Å². The lowest BCUT2D eigenvalue weighted by Crippen LogP contribution is -2.71. The first-order valence-corrected chi connectivity index (χ1v) is 12.4. The van der Waals surface area contributed by atoms with Crippen LogP contribution in [0.5, 0.6) is 0 Å². The number of primary amides is 1. The summed E-state index contributed by atoms with van der Waals surface area (Å²) in [6.07, 6.45) is 3.44. The predicted molar refractivity (Wildman–Crippen MR) is 132 cm³/mol. The van der Waals surface area contributed by atoms with Gasteiger partial charge < -0.3 is 36.0 Å². The molecule has 1 saturated heterocycles. The van der Waals surface area contributed by atoms with E-state index in [9.17, 15) is 24.3 Å². The number of carboxylic acids is 1. The summed E-state index contributed by atoms with van der Waals surface area (Å²) in [4.78, 5) is 59.2. The Hall–Kier alpha value is -4.99. The number of pyridine rings is 1. The Kier molecular flexibility index (Phi) is 6.61. The first-order valence-electron chi connectivity index (χ1n) is 11.3. The second kappa shape index (κ2) is 10.1. The summed E-state index contributed by atoms with van der Waals surface area (Å²) in [5, 5.41) is 22.4. The topological polar surface area (TPSA) is 223 Å². The molecular formula is C23H20N8O7S. The van der Waals surface area contributed by atoms with E-state index in [2.05, 4.69) is 30.0 Å². The van der Waals surface area contributed by atoms with Gasteiger partial charge in [-0.2, -0.15) is 4.98 Å². The van der Waals surface area contributed by atoms with Gasteiger partial charge in [-0.1, -0.05) is 16.4 Å². The average molecular weight is 553 g/mol. The standard InChI is InChI=1S/C23H20N8O7S/c1-37-28-14(18-27-23(25)38-29-18)19(33)26-15-20(34)31-16(22(35)36)11(9-39-21(15)31)8-30-6-5-12-10(7-30)3-2-4-13(12)17(24)32/h2-7,15,21H,8-9H2,1H3,(H5-,24,25,26,27,29,32,33,35,36)/t15?,21-/m0/s1. The lowest BCUT2D eigenvalue weighted by Gasteiger charge is -2.50. The van der Waals surface area contributed by atoms with Gasteiger partial charge in [0.05, 0.1) is 11.7 Å². The predicted octanol–water partition coefficient (Wildman–Crippen LogP) is -2.35. The number of hydrogen-bond acceptors (Lipinski definition) is 12. The number of nitrogen functional groups attached to an aromatic ring is 1. The Morgan fingerprint density at radius 1 is 1.36 bits per heavy atom. The molecule has 0 spiro atoms. The molecule has 0 bridgehead atoms. The summed E-state index contributed by atoms with van der Waals surface area (Å²) >= 11 is 1.28. The van der Waals surface area contributed by atoms with E-state index in [-0.39, 0.29) is 35.5 Å². The molecule has 1 unspecified atom stereocenters. The van der Waals surface area contributed by atoms with E-state index in [0.717, 1.165) is 10.3 Å². The highest BCUT2D eigenvalue weighted by atomic mass is 32.2. The van der Waals surface area contributed by atoms with Crippen LogP contribution in [0.2, 0.25) is 0 Å². The minimum Gasteiger partial charge on any atom is -0.543 e. The number of nitrogens with two attached hydrogens (primary N) is 2. The van der Waals surface area contributed by atoms with E-state index >= 15 is 0 Å². The molecule has 0 radical (unpaired) electrons. The first-order chi connectivity index (χ1) is 18.7. The van der Waals surface area contributed by atoms with Crippen LogP contribution < -0.4 is 26.5 Å². The van der Waals surface area contributed by atoms with Crippen LogP contribution in [0.25, 0.3) is 10.8 Å². The smallest absolute Gasteiger partial charge is 0.319 e. The van der Waals surface area contributed by atoms with Gasteiger partial charge in [-0.25, -0.2) is 4.57 Å². The summed E-state index contributed by atoms with van der Waals surface area (Å²) in [5.74, 6) is -3.57. The molecule has 2 aromatic heterocycles. The number of carboxylic acid groups (broad SMARTS) is 1. The van der Waals surface area contributed by atoms with Gasteiger partial charge in [-0.3, -0.25) is 19.3 Å². The fraction of sp³-hybridized carbons (Fsp3) is 0.217. The maximum atomic E-state index is 13.0. The minimum atomic E-state index is -1.52. The second-order valence-corrected chi connectivity index (χ2v) is 9.57. The second-order valence-electron chi connectivity index (χ2n) is 8.47. The van der Waals surface area contributed by atoms with E-state index in [1.807, 2.05) is 0 Å². The molecule has 3 amide bonds. The Morgan fingerprint density at radius 2 is 2.15 bits per heavy atom. The Labute approximate surface area is 223 Å². The SMILES string of the molecule is CON=C(C(=O)NC1C(=O)N2C(C(=O)[O-])=C(C[n+]3ccc4c(C(N)=O)cccc4c3)CS[C@@H]12)c1noc(N)n1. The number of fused-ring (bicyclic) bond motifs is 2. The fourth-order valence-corrected chi connectivity index (χ4v) is 5.75. The number of carbonyl (C=O) groups is 4. The number of oxime groups is 1. The number of thioether (sulfide) groups is 1. The first kappa shape index (κ1) is 25.7. The summed E-state index contributed by atoms with van der Waals surface area (Å²) in [5.41, 5.74) is 11.0. The van der Waals surface area contributed by atoms with Crippen molar-refractivity contribution >= 4 is 58.0 Å². The van der Waals surface area contributed by atoms with E-state index in [1.165, 1.54) is 18.9 Å². The molecule has 2 aliphatic heterocycles. The normalized spacial score (nSPS) is 18.9. The van der Waals surface area contributed by atoms with Gasteiger partial charge in [0.25, 0.3) is 11.8 Å². The van der Waals surface area contributed by atoms with Gasteiger partial charge in [-0.15, -0.1) is 11.8 Å². The van der Waals surface area contributed by atoms with E-state index in [0.29, 0.717) is 16.5 Å². The van der Waals surface area contributed by atoms with Gasteiger partial charge in [0, 0.05) is 33.7 Å². The maximum absolute atomic E-state index is 13.0. The number of benzene rings is 1. The number of nitrogens with one attached hydrogen (secondary N) is 1. The van der Waals surface area contributed by atoms with E-state index in [4.69, 9.17) is 11.5 Å². The number of carbonyl (C=O) groups excluding carboxylic acids is 4. The van der Waals surface area contributed by atoms with Gasteiger partial charge in [0.2, 0.25) is 17.4 Å². The van der Waals surface area contributed by atoms with E-state index in [1.54, 1.807) is 41.2 Å². The van der Waals surface area contributed by atoms with Crippen molar-refractivity contribution in [3.63, 3.8) is 0 Å². The Bertz CT molecular complexity index is 1600. The average Bonchev–Trinajstić information content (AvgIpc) is 3.34. The number of aliphatic carboxylic acids is 1. The van der Waals surface area contributed by atoms with Crippen LogP contribution in [0, 0.1) is 0 Å². The molecule has 16 heteroatoms. The monoisotopic (exact) mass is 552 g/mol. The molecular weight excluding hydrogens is 532 g/mol. The largest absolute Gasteiger partial charge is 0.543 e. The van der Waals surface area contributed by atoms with Crippen molar-refractivity contribution in [2.75, 3.05) is 18.6 Å². The number of nitrogens with zero attached hydrogens (tertiary/aromatic N) is 5. The van der Waals surface area contributed by atoms with Crippen LogP contribution in [-0.2, 0) is 25.8 Å². The molecule has 1 aromatic carbocycles. The number of amides is 3. The third kappa shape index (κ3) is 4.61. The molecule has 15 nitrogen and oxygen atoms in total. The van der Waals surface area contributed by atoms with Gasteiger partial charge in [-0.05, 0) is 12.1 Å². The van der Waals surface area contributed by atoms with Crippen LogP contribution in [0.4, 0.5) is 6.01 Å². The van der Waals surface area contributed by atoms with Gasteiger partial charge in [0.1, 0.15) is 18.5 Å². The highest BCUT2D eigenvalue weighted by Crippen LogP contribution is 2.40.